The van der Waals surface area contributed by atoms with Gasteiger partial charge >= 0.3 is 6.18 Å². The molecule has 1 saturated heterocycles. The van der Waals surface area contributed by atoms with Gasteiger partial charge in [-0.2, -0.15) is 13.2 Å². The van der Waals surface area contributed by atoms with Crippen LogP contribution >= 0.6 is 0 Å². The second-order valence-corrected chi connectivity index (χ2v) is 11.1. The van der Waals surface area contributed by atoms with Gasteiger partial charge in [0.15, 0.2) is 0 Å². The van der Waals surface area contributed by atoms with Crippen molar-refractivity contribution in [3.05, 3.63) is 54.1 Å². The molecule has 0 aromatic heterocycles. The Hall–Kier alpha value is -2.26. The van der Waals surface area contributed by atoms with E-state index in [9.17, 15) is 21.6 Å². The molecule has 0 radical (unpaired) electrons. The predicted octanol–water partition coefficient (Wildman–Crippen LogP) is 6.25. The molecule has 5 nitrogen and oxygen atoms in total. The van der Waals surface area contributed by atoms with E-state index in [4.69, 9.17) is 4.74 Å². The van der Waals surface area contributed by atoms with Gasteiger partial charge in [-0.3, -0.25) is 4.31 Å². The Morgan fingerprint density at radius 1 is 0.971 bits per heavy atom. The Kier molecular flexibility index (Phi) is 9.86. The summed E-state index contributed by atoms with van der Waals surface area (Å²) < 4.78 is 70.7. The third-order valence-corrected chi connectivity index (χ3v) is 8.26. The van der Waals surface area contributed by atoms with Crippen molar-refractivity contribution in [1.29, 1.82) is 0 Å². The van der Waals surface area contributed by atoms with Crippen molar-refractivity contribution in [3.63, 3.8) is 0 Å². The number of benzene rings is 2. The SMILES string of the molecule is CN(c1ccc(OCCCCCCC2CCCCNC2)cc1)S(=O)(=O)c1ccc(C(F)(F)F)cc1. The molecule has 1 fully saturated rings. The van der Waals surface area contributed by atoms with Crippen molar-refractivity contribution in [2.45, 2.75) is 62.4 Å². The van der Waals surface area contributed by atoms with Crippen LogP contribution in [0.15, 0.2) is 53.4 Å². The Bertz CT molecular complexity index is 1000. The van der Waals surface area contributed by atoms with E-state index in [1.165, 1.54) is 45.6 Å². The molecule has 1 N–H and O–H groups in total. The molecule has 1 aliphatic heterocycles. The number of ether oxygens (including phenoxy) is 1. The van der Waals surface area contributed by atoms with Gasteiger partial charge in [0.1, 0.15) is 5.75 Å². The van der Waals surface area contributed by atoms with Gasteiger partial charge in [0.25, 0.3) is 10.0 Å². The highest BCUT2D eigenvalue weighted by atomic mass is 32.2. The summed E-state index contributed by atoms with van der Waals surface area (Å²) >= 11 is 0. The minimum atomic E-state index is -4.52. The first-order chi connectivity index (χ1) is 16.7. The fourth-order valence-electron chi connectivity index (χ4n) is 4.28. The third kappa shape index (κ3) is 8.14. The lowest BCUT2D eigenvalue weighted by atomic mass is 9.96. The van der Waals surface area contributed by atoms with E-state index in [0.717, 1.165) is 60.4 Å². The summed E-state index contributed by atoms with van der Waals surface area (Å²) in [6, 6.07) is 10.1. The molecule has 35 heavy (non-hydrogen) atoms. The number of rotatable bonds is 11. The zero-order valence-electron chi connectivity index (χ0n) is 20.2. The van der Waals surface area contributed by atoms with Crippen molar-refractivity contribution >= 4 is 15.7 Å². The van der Waals surface area contributed by atoms with E-state index in [-0.39, 0.29) is 4.90 Å². The lowest BCUT2D eigenvalue weighted by molar-refractivity contribution is -0.137. The molecule has 0 spiro atoms. The van der Waals surface area contributed by atoms with Gasteiger partial charge in [-0.1, -0.05) is 25.7 Å². The molecule has 2 aromatic rings. The molecule has 1 unspecified atom stereocenters. The van der Waals surface area contributed by atoms with Crippen LogP contribution in [-0.2, 0) is 16.2 Å². The highest BCUT2D eigenvalue weighted by Gasteiger charge is 2.31. The summed E-state index contributed by atoms with van der Waals surface area (Å²) in [6.07, 6.45) is 5.27. The van der Waals surface area contributed by atoms with Gasteiger partial charge in [0, 0.05) is 7.05 Å². The second kappa shape index (κ2) is 12.6. The molecule has 9 heteroatoms. The molecule has 3 rings (SSSR count). The van der Waals surface area contributed by atoms with Gasteiger partial charge in [-0.05, 0) is 93.2 Å². The lowest BCUT2D eigenvalue weighted by Gasteiger charge is -2.20. The van der Waals surface area contributed by atoms with Crippen LogP contribution in [0.3, 0.4) is 0 Å². The quantitative estimate of drug-likeness (QED) is 0.362. The number of alkyl halides is 3. The van der Waals surface area contributed by atoms with Crippen LogP contribution in [0.2, 0.25) is 0 Å². The van der Waals surface area contributed by atoms with Gasteiger partial charge in [0.2, 0.25) is 0 Å². The summed E-state index contributed by atoms with van der Waals surface area (Å²) in [6.45, 7) is 2.91. The molecule has 1 heterocycles. The Labute approximate surface area is 206 Å². The smallest absolute Gasteiger partial charge is 0.416 e. The summed E-state index contributed by atoms with van der Waals surface area (Å²) in [5, 5.41) is 3.52. The first-order valence-corrected chi connectivity index (χ1v) is 13.7. The standard InChI is InChI=1S/C26H35F3N2O3S/c1-31(35(32,33)25-16-10-22(11-17-25)26(27,28)29)23-12-14-24(15-13-23)34-19-7-3-2-4-8-21-9-5-6-18-30-20-21/h10-17,21,30H,2-9,18-20H2,1H3. The summed E-state index contributed by atoms with van der Waals surface area (Å²) in [4.78, 5) is -0.205. The van der Waals surface area contributed by atoms with Gasteiger partial charge in [-0.15, -0.1) is 0 Å². The van der Waals surface area contributed by atoms with Gasteiger partial charge in [-0.25, -0.2) is 8.42 Å². The number of hydrogen-bond acceptors (Lipinski definition) is 4. The molecule has 1 aliphatic rings. The summed E-state index contributed by atoms with van der Waals surface area (Å²) in [5.41, 5.74) is -0.497. The van der Waals surface area contributed by atoms with Crippen molar-refractivity contribution in [2.75, 3.05) is 31.0 Å². The van der Waals surface area contributed by atoms with Gasteiger partial charge in [0.05, 0.1) is 22.8 Å². The van der Waals surface area contributed by atoms with Crippen molar-refractivity contribution in [1.82, 2.24) is 5.32 Å². The Morgan fingerprint density at radius 3 is 2.34 bits per heavy atom. The van der Waals surface area contributed by atoms with E-state index in [1.54, 1.807) is 24.3 Å². The minimum Gasteiger partial charge on any atom is -0.494 e. The number of unbranched alkanes of at least 4 members (excludes halogenated alkanes) is 3. The van der Waals surface area contributed by atoms with Gasteiger partial charge < -0.3 is 10.1 Å². The predicted molar refractivity (Wildman–Crippen MR) is 132 cm³/mol. The van der Waals surface area contributed by atoms with Crippen LogP contribution < -0.4 is 14.4 Å². The van der Waals surface area contributed by atoms with Crippen molar-refractivity contribution in [2.24, 2.45) is 5.92 Å². The number of anilines is 1. The maximum Gasteiger partial charge on any atom is 0.416 e. The fourth-order valence-corrected chi connectivity index (χ4v) is 5.48. The molecule has 2 aromatic carbocycles. The maximum absolute atomic E-state index is 12.8. The van der Waals surface area contributed by atoms with Crippen LogP contribution in [0, 0.1) is 5.92 Å². The number of nitrogens with one attached hydrogen (secondary N) is 1. The average Bonchev–Trinajstić information content (AvgIpc) is 3.12. The molecular weight excluding hydrogens is 477 g/mol. The molecule has 1 atom stereocenters. The second-order valence-electron chi connectivity index (χ2n) is 9.11. The van der Waals surface area contributed by atoms with E-state index in [1.807, 2.05) is 0 Å². The van der Waals surface area contributed by atoms with Crippen LogP contribution in [0.1, 0.15) is 56.9 Å². The molecule has 194 valence electrons. The number of nitrogens with zero attached hydrogens (tertiary/aromatic N) is 1. The number of sulfonamides is 1. The van der Waals surface area contributed by atoms with Crippen molar-refractivity contribution in [3.8, 4) is 5.75 Å². The maximum atomic E-state index is 12.8. The largest absolute Gasteiger partial charge is 0.494 e. The normalized spacial score (nSPS) is 17.1. The zero-order valence-corrected chi connectivity index (χ0v) is 21.0. The number of halogens is 3. The highest BCUT2D eigenvalue weighted by Crippen LogP contribution is 2.31. The third-order valence-electron chi connectivity index (χ3n) is 6.46. The van der Waals surface area contributed by atoms with Crippen LogP contribution in [0.25, 0.3) is 0 Å². The first-order valence-electron chi connectivity index (χ1n) is 12.3. The molecule has 0 aliphatic carbocycles. The Balaban J connectivity index is 1.41. The van der Waals surface area contributed by atoms with Crippen LogP contribution in [-0.4, -0.2) is 35.2 Å². The van der Waals surface area contributed by atoms with E-state index >= 15 is 0 Å². The van der Waals surface area contributed by atoms with E-state index in [2.05, 4.69) is 5.32 Å². The van der Waals surface area contributed by atoms with E-state index in [0.29, 0.717) is 18.0 Å². The average molecular weight is 513 g/mol. The van der Waals surface area contributed by atoms with Crippen LogP contribution in [0.5, 0.6) is 5.75 Å². The minimum absolute atomic E-state index is 0.205. The first kappa shape index (κ1) is 27.3. The molecule has 0 amide bonds. The summed E-state index contributed by atoms with van der Waals surface area (Å²) in [5.74, 6) is 1.46. The van der Waals surface area contributed by atoms with Crippen LogP contribution in [0.4, 0.5) is 18.9 Å². The molecular formula is C26H35F3N2O3S. The van der Waals surface area contributed by atoms with E-state index < -0.39 is 21.8 Å². The summed E-state index contributed by atoms with van der Waals surface area (Å²) in [7, 11) is -2.62. The topological polar surface area (TPSA) is 58.6 Å². The zero-order chi connectivity index (χ0) is 25.3. The molecule has 0 bridgehead atoms. The number of hydrogen-bond donors (Lipinski definition) is 1. The Morgan fingerprint density at radius 2 is 1.66 bits per heavy atom. The van der Waals surface area contributed by atoms with Crippen molar-refractivity contribution < 1.29 is 26.3 Å². The highest BCUT2D eigenvalue weighted by molar-refractivity contribution is 7.92. The lowest BCUT2D eigenvalue weighted by Crippen LogP contribution is -2.26. The molecule has 0 saturated carbocycles. The monoisotopic (exact) mass is 512 g/mol. The fraction of sp³-hybridized carbons (Fsp3) is 0.538.